The van der Waals surface area contributed by atoms with Gasteiger partial charge < -0.3 is 4.74 Å². The van der Waals surface area contributed by atoms with Crippen molar-refractivity contribution in [2.45, 2.75) is 31.4 Å². The van der Waals surface area contributed by atoms with Crippen LogP contribution in [0.1, 0.15) is 19.2 Å². The molecule has 0 aliphatic heterocycles. The number of benzene rings is 1. The molecule has 2 N–H and O–H groups in total. The molecule has 2 rings (SSSR count). The van der Waals surface area contributed by atoms with Gasteiger partial charge in [0.05, 0.1) is 4.90 Å². The lowest BCUT2D eigenvalue weighted by molar-refractivity contribution is 0.286. The summed E-state index contributed by atoms with van der Waals surface area (Å²) in [5.74, 6) is 1.27. The molecule has 0 aliphatic carbocycles. The van der Waals surface area contributed by atoms with Crippen molar-refractivity contribution in [1.29, 1.82) is 0 Å². The third-order valence-electron chi connectivity index (χ3n) is 2.65. The van der Waals surface area contributed by atoms with Crippen LogP contribution in [0.15, 0.2) is 35.5 Å². The Bertz CT molecular complexity index is 664. The Labute approximate surface area is 117 Å². The second kappa shape index (κ2) is 6.02. The number of hydrogen-bond acceptors (Lipinski definition) is 5. The van der Waals surface area contributed by atoms with Crippen LogP contribution in [-0.2, 0) is 23.2 Å². The van der Waals surface area contributed by atoms with Gasteiger partial charge in [-0.05, 0) is 30.7 Å². The molecule has 1 aromatic heterocycles. The second-order valence-electron chi connectivity index (χ2n) is 4.20. The topological polar surface area (TPSA) is 100 Å². The molecule has 0 amide bonds. The van der Waals surface area contributed by atoms with Crippen molar-refractivity contribution in [3.63, 3.8) is 0 Å². The minimum absolute atomic E-state index is 0.0546. The number of sulfonamides is 1. The van der Waals surface area contributed by atoms with Crippen molar-refractivity contribution in [3.05, 3.63) is 36.4 Å². The van der Waals surface area contributed by atoms with Gasteiger partial charge in [0.15, 0.2) is 5.82 Å². The molecular formula is C12H16N4O3S. The molecular weight excluding hydrogens is 280 g/mol. The quantitative estimate of drug-likeness (QED) is 0.854. The van der Waals surface area contributed by atoms with Crippen LogP contribution in [0.3, 0.4) is 0 Å². The van der Waals surface area contributed by atoms with Crippen molar-refractivity contribution in [2.24, 2.45) is 5.14 Å². The maximum Gasteiger partial charge on any atom is 0.238 e. The highest BCUT2D eigenvalue weighted by molar-refractivity contribution is 7.89. The first-order chi connectivity index (χ1) is 9.50. The fraction of sp³-hybridized carbons (Fsp3) is 0.333. The van der Waals surface area contributed by atoms with Crippen LogP contribution in [0.5, 0.6) is 5.75 Å². The molecule has 108 valence electrons. The molecule has 0 atom stereocenters. The Hall–Kier alpha value is -1.93. The smallest absolute Gasteiger partial charge is 0.238 e. The minimum Gasteiger partial charge on any atom is -0.486 e. The van der Waals surface area contributed by atoms with E-state index in [9.17, 15) is 8.42 Å². The van der Waals surface area contributed by atoms with Crippen molar-refractivity contribution in [1.82, 2.24) is 14.8 Å². The molecule has 1 aromatic carbocycles. The zero-order chi connectivity index (χ0) is 14.6. The lowest BCUT2D eigenvalue weighted by Gasteiger charge is -2.07. The third-order valence-corrected chi connectivity index (χ3v) is 3.58. The van der Waals surface area contributed by atoms with E-state index in [2.05, 4.69) is 17.0 Å². The maximum atomic E-state index is 11.1. The van der Waals surface area contributed by atoms with E-state index in [1.807, 2.05) is 0 Å². The molecule has 0 radical (unpaired) electrons. The number of primary sulfonamides is 1. The number of nitrogens with zero attached hydrogens (tertiary/aromatic N) is 3. The first-order valence-electron chi connectivity index (χ1n) is 6.13. The molecule has 1 heterocycles. The molecule has 0 bridgehead atoms. The van der Waals surface area contributed by atoms with Crippen LogP contribution < -0.4 is 9.88 Å². The first kappa shape index (κ1) is 14.5. The number of ether oxygens (including phenoxy) is 1. The van der Waals surface area contributed by atoms with E-state index >= 15 is 0 Å². The Morgan fingerprint density at radius 1 is 1.30 bits per heavy atom. The lowest BCUT2D eigenvalue weighted by Crippen LogP contribution is -2.12. The van der Waals surface area contributed by atoms with Crippen molar-refractivity contribution < 1.29 is 13.2 Å². The van der Waals surface area contributed by atoms with E-state index < -0.39 is 10.0 Å². The molecule has 0 unspecified atom stereocenters. The minimum atomic E-state index is -3.67. The van der Waals surface area contributed by atoms with Gasteiger partial charge in [0.2, 0.25) is 10.0 Å². The molecule has 0 aliphatic rings. The summed E-state index contributed by atoms with van der Waals surface area (Å²) in [7, 11) is -3.67. The van der Waals surface area contributed by atoms with Crippen molar-refractivity contribution in [2.75, 3.05) is 0 Å². The third kappa shape index (κ3) is 3.55. The number of aromatic nitrogens is 3. The summed E-state index contributed by atoms with van der Waals surface area (Å²) in [5.41, 5.74) is 0. The molecule has 0 saturated heterocycles. The van der Waals surface area contributed by atoms with Gasteiger partial charge in [0.1, 0.15) is 18.7 Å². The average Bonchev–Trinajstić information content (AvgIpc) is 2.84. The van der Waals surface area contributed by atoms with Gasteiger partial charge in [-0.1, -0.05) is 6.92 Å². The van der Waals surface area contributed by atoms with Crippen LogP contribution in [0.25, 0.3) is 0 Å². The second-order valence-corrected chi connectivity index (χ2v) is 5.77. The molecule has 0 spiro atoms. The van der Waals surface area contributed by atoms with Crippen LogP contribution >= 0.6 is 0 Å². The van der Waals surface area contributed by atoms with E-state index in [0.29, 0.717) is 5.75 Å². The Kier molecular flexibility index (Phi) is 4.35. The fourth-order valence-corrected chi connectivity index (χ4v) is 2.19. The summed E-state index contributed by atoms with van der Waals surface area (Å²) in [4.78, 5) is 4.17. The molecule has 0 saturated carbocycles. The number of aryl methyl sites for hydroxylation is 1. The van der Waals surface area contributed by atoms with Gasteiger partial charge in [0.25, 0.3) is 0 Å². The van der Waals surface area contributed by atoms with Gasteiger partial charge in [-0.15, -0.1) is 0 Å². The number of nitrogens with two attached hydrogens (primary N) is 1. The highest BCUT2D eigenvalue weighted by Crippen LogP contribution is 2.15. The first-order valence-corrected chi connectivity index (χ1v) is 7.67. The SMILES string of the molecule is CCCn1ncnc1COc1ccc(S(N)(=O)=O)cc1. The van der Waals surface area contributed by atoms with E-state index in [-0.39, 0.29) is 11.5 Å². The monoisotopic (exact) mass is 296 g/mol. The number of hydrogen-bond donors (Lipinski definition) is 1. The van der Waals surface area contributed by atoms with Crippen LogP contribution in [-0.4, -0.2) is 23.2 Å². The normalized spacial score (nSPS) is 11.5. The van der Waals surface area contributed by atoms with Gasteiger partial charge in [0, 0.05) is 6.54 Å². The van der Waals surface area contributed by atoms with Crippen LogP contribution in [0.2, 0.25) is 0 Å². The molecule has 8 heteroatoms. The van der Waals surface area contributed by atoms with Gasteiger partial charge in [-0.2, -0.15) is 5.10 Å². The standard InChI is InChI=1S/C12H16N4O3S/c1-2-7-16-12(14-9-15-16)8-19-10-3-5-11(6-4-10)20(13,17)18/h3-6,9H,2,7-8H2,1H3,(H2,13,17,18). The summed E-state index contributed by atoms with van der Waals surface area (Å²) >= 11 is 0. The predicted molar refractivity (Wildman–Crippen MR) is 72.5 cm³/mol. The summed E-state index contributed by atoms with van der Waals surface area (Å²) in [6, 6.07) is 5.92. The van der Waals surface area contributed by atoms with E-state index in [0.717, 1.165) is 18.8 Å². The summed E-state index contributed by atoms with van der Waals surface area (Å²) in [6.45, 7) is 3.11. The lowest BCUT2D eigenvalue weighted by atomic mass is 10.3. The molecule has 2 aromatic rings. The maximum absolute atomic E-state index is 11.1. The summed E-state index contributed by atoms with van der Waals surface area (Å²) in [5, 5.41) is 9.12. The predicted octanol–water partition coefficient (Wildman–Crippen LogP) is 0.914. The van der Waals surface area contributed by atoms with Gasteiger partial charge >= 0.3 is 0 Å². The van der Waals surface area contributed by atoms with Crippen LogP contribution in [0.4, 0.5) is 0 Å². The van der Waals surface area contributed by atoms with Gasteiger partial charge in [-0.25, -0.2) is 23.2 Å². The van der Waals surface area contributed by atoms with E-state index in [4.69, 9.17) is 9.88 Å². The average molecular weight is 296 g/mol. The number of rotatable bonds is 6. The largest absolute Gasteiger partial charge is 0.486 e. The highest BCUT2D eigenvalue weighted by atomic mass is 32.2. The zero-order valence-corrected chi connectivity index (χ0v) is 11.9. The Morgan fingerprint density at radius 2 is 2.00 bits per heavy atom. The Morgan fingerprint density at radius 3 is 2.60 bits per heavy atom. The van der Waals surface area contributed by atoms with Crippen LogP contribution in [0, 0.1) is 0 Å². The van der Waals surface area contributed by atoms with Crippen molar-refractivity contribution in [3.8, 4) is 5.75 Å². The van der Waals surface area contributed by atoms with E-state index in [1.54, 1.807) is 16.8 Å². The van der Waals surface area contributed by atoms with E-state index in [1.165, 1.54) is 18.5 Å². The molecule has 0 fully saturated rings. The highest BCUT2D eigenvalue weighted by Gasteiger charge is 2.08. The summed E-state index contributed by atoms with van der Waals surface area (Å²) < 4.78 is 29.6. The fourth-order valence-electron chi connectivity index (χ4n) is 1.67. The summed E-state index contributed by atoms with van der Waals surface area (Å²) in [6.07, 6.45) is 2.44. The molecule has 20 heavy (non-hydrogen) atoms. The Balaban J connectivity index is 2.02. The zero-order valence-electron chi connectivity index (χ0n) is 11.1. The molecule has 7 nitrogen and oxygen atoms in total. The van der Waals surface area contributed by atoms with Gasteiger partial charge in [-0.3, -0.25) is 0 Å². The van der Waals surface area contributed by atoms with Crippen molar-refractivity contribution >= 4 is 10.0 Å².